The molecule has 0 aliphatic rings. The first kappa shape index (κ1) is 13.0. The smallest absolute Gasteiger partial charge is 0.125 e. The van der Waals surface area contributed by atoms with Crippen LogP contribution in [0, 0.1) is 11.3 Å². The van der Waals surface area contributed by atoms with Crippen molar-refractivity contribution in [2.24, 2.45) is 0 Å². The average molecular weight is 298 g/mol. The van der Waals surface area contributed by atoms with Gasteiger partial charge in [-0.1, -0.05) is 46.9 Å². The highest BCUT2D eigenvalue weighted by atomic mass is 35.5. The van der Waals surface area contributed by atoms with Gasteiger partial charge in [-0.3, -0.25) is 0 Å². The Morgan fingerprint density at radius 2 is 1.83 bits per heavy atom. The van der Waals surface area contributed by atoms with Gasteiger partial charge in [0.15, 0.2) is 0 Å². The van der Waals surface area contributed by atoms with Gasteiger partial charge in [0.25, 0.3) is 0 Å². The highest BCUT2D eigenvalue weighted by Crippen LogP contribution is 2.25. The van der Waals surface area contributed by atoms with Crippen molar-refractivity contribution < 1.29 is 0 Å². The van der Waals surface area contributed by atoms with Crippen molar-refractivity contribution in [1.82, 2.24) is 4.98 Å². The van der Waals surface area contributed by atoms with E-state index in [1.54, 1.807) is 36.4 Å². The van der Waals surface area contributed by atoms with Crippen LogP contribution >= 0.6 is 34.8 Å². The summed E-state index contributed by atoms with van der Waals surface area (Å²) in [6.45, 7) is 0. The molecule has 2 nitrogen and oxygen atoms in total. The van der Waals surface area contributed by atoms with E-state index in [4.69, 9.17) is 40.1 Å². The summed E-state index contributed by atoms with van der Waals surface area (Å²) in [5.41, 5.74) is 1.96. The molecule has 0 radical (unpaired) electrons. The summed E-state index contributed by atoms with van der Waals surface area (Å²) in [6.07, 6.45) is 1.68. The largest absolute Gasteiger partial charge is 0.345 e. The molecule has 0 amide bonds. The van der Waals surface area contributed by atoms with Crippen molar-refractivity contribution in [2.45, 2.75) is 0 Å². The third kappa shape index (κ3) is 2.88. The van der Waals surface area contributed by atoms with Crippen LogP contribution in [-0.4, -0.2) is 4.98 Å². The minimum absolute atomic E-state index is 0.358. The van der Waals surface area contributed by atoms with E-state index in [1.165, 1.54) is 0 Å². The Morgan fingerprint density at radius 3 is 2.33 bits per heavy atom. The zero-order valence-corrected chi connectivity index (χ0v) is 11.3. The molecule has 1 heterocycles. The van der Waals surface area contributed by atoms with Crippen LogP contribution in [0.4, 0.5) is 0 Å². The first-order valence-corrected chi connectivity index (χ1v) is 6.15. The number of rotatable bonds is 2. The zero-order valence-electron chi connectivity index (χ0n) is 9.05. The molecule has 0 fully saturated rings. The van der Waals surface area contributed by atoms with Crippen molar-refractivity contribution in [3.63, 3.8) is 0 Å². The van der Waals surface area contributed by atoms with Crippen LogP contribution in [0.2, 0.25) is 15.2 Å². The Morgan fingerprint density at radius 1 is 1.17 bits per heavy atom. The monoisotopic (exact) mass is 296 g/mol. The molecule has 1 aromatic heterocycles. The molecular weight excluding hydrogens is 291 g/mol. The molecule has 0 saturated heterocycles. The minimum Gasteiger partial charge on any atom is -0.345 e. The average Bonchev–Trinajstić information content (AvgIpc) is 2.67. The first-order valence-electron chi connectivity index (χ1n) is 5.02. The van der Waals surface area contributed by atoms with Gasteiger partial charge in [0.05, 0.1) is 16.7 Å². The van der Waals surface area contributed by atoms with Crippen molar-refractivity contribution in [2.75, 3.05) is 0 Å². The third-order valence-corrected chi connectivity index (χ3v) is 3.27. The van der Waals surface area contributed by atoms with Gasteiger partial charge in [0, 0.05) is 10.7 Å². The zero-order chi connectivity index (χ0) is 13.1. The Hall–Kier alpha value is -1.40. The summed E-state index contributed by atoms with van der Waals surface area (Å²) in [4.78, 5) is 2.87. The Kier molecular flexibility index (Phi) is 3.98. The van der Waals surface area contributed by atoms with Crippen LogP contribution in [0.1, 0.15) is 11.3 Å². The number of aromatic amines is 1. The fourth-order valence-corrected chi connectivity index (χ4v) is 1.92. The molecule has 1 aromatic carbocycles. The summed E-state index contributed by atoms with van der Waals surface area (Å²) in [7, 11) is 0. The van der Waals surface area contributed by atoms with Gasteiger partial charge in [-0.2, -0.15) is 5.26 Å². The molecule has 2 rings (SSSR count). The molecule has 18 heavy (non-hydrogen) atoms. The predicted molar refractivity (Wildman–Crippen MR) is 75.7 cm³/mol. The first-order chi connectivity index (χ1) is 8.60. The third-order valence-electron chi connectivity index (χ3n) is 2.32. The van der Waals surface area contributed by atoms with E-state index in [0.717, 1.165) is 5.56 Å². The maximum Gasteiger partial charge on any atom is 0.125 e. The molecular formula is C13H7Cl3N2. The topological polar surface area (TPSA) is 39.6 Å². The fraction of sp³-hybridized carbons (Fsp3) is 0. The number of nitrogens with one attached hydrogen (secondary N) is 1. The van der Waals surface area contributed by atoms with Gasteiger partial charge in [-0.15, -0.1) is 0 Å². The number of halogens is 3. The van der Waals surface area contributed by atoms with E-state index < -0.39 is 0 Å². The lowest BCUT2D eigenvalue weighted by Gasteiger charge is -1.98. The molecule has 5 heteroatoms. The van der Waals surface area contributed by atoms with E-state index in [1.807, 2.05) is 0 Å². The lowest BCUT2D eigenvalue weighted by Crippen LogP contribution is -1.81. The number of hydrogen-bond donors (Lipinski definition) is 1. The van der Waals surface area contributed by atoms with E-state index in [2.05, 4.69) is 11.1 Å². The summed E-state index contributed by atoms with van der Waals surface area (Å²) < 4.78 is 0. The molecule has 0 bridgehead atoms. The van der Waals surface area contributed by atoms with Gasteiger partial charge < -0.3 is 4.98 Å². The van der Waals surface area contributed by atoms with Gasteiger partial charge in [0.1, 0.15) is 5.15 Å². The number of allylic oxidation sites excluding steroid dienone is 1. The lowest BCUT2D eigenvalue weighted by molar-refractivity contribution is 1.37. The second kappa shape index (κ2) is 5.49. The van der Waals surface area contributed by atoms with E-state index >= 15 is 0 Å². The Balaban J connectivity index is 2.40. The molecule has 90 valence electrons. The highest BCUT2D eigenvalue weighted by Gasteiger charge is 2.05. The van der Waals surface area contributed by atoms with Crippen LogP contribution in [0.5, 0.6) is 0 Å². The van der Waals surface area contributed by atoms with Crippen LogP contribution in [-0.2, 0) is 0 Å². The molecule has 0 aliphatic heterocycles. The van der Waals surface area contributed by atoms with Gasteiger partial charge >= 0.3 is 0 Å². The molecule has 0 spiro atoms. The normalized spacial score (nSPS) is 11.3. The van der Waals surface area contributed by atoms with Crippen LogP contribution in [0.15, 0.2) is 30.3 Å². The van der Waals surface area contributed by atoms with Crippen LogP contribution in [0.25, 0.3) is 11.6 Å². The van der Waals surface area contributed by atoms with E-state index in [0.29, 0.717) is 26.5 Å². The second-order valence-electron chi connectivity index (χ2n) is 3.56. The summed E-state index contributed by atoms with van der Waals surface area (Å²) >= 11 is 17.4. The molecule has 0 atom stereocenters. The van der Waals surface area contributed by atoms with Crippen LogP contribution in [0.3, 0.4) is 0 Å². The summed E-state index contributed by atoms with van der Waals surface area (Å²) in [5.74, 6) is 0. The van der Waals surface area contributed by atoms with Gasteiger partial charge in [0.2, 0.25) is 0 Å². The van der Waals surface area contributed by atoms with E-state index in [-0.39, 0.29) is 0 Å². The van der Waals surface area contributed by atoms with Gasteiger partial charge in [-0.05, 0) is 29.8 Å². The molecule has 2 aromatic rings. The lowest BCUT2D eigenvalue weighted by atomic mass is 10.1. The number of nitriles is 1. The van der Waals surface area contributed by atoms with Crippen molar-refractivity contribution in [3.8, 4) is 6.07 Å². The number of benzene rings is 1. The maximum absolute atomic E-state index is 9.16. The number of hydrogen-bond acceptors (Lipinski definition) is 1. The quantitative estimate of drug-likeness (QED) is 0.775. The predicted octanol–water partition coefficient (Wildman–Crippen LogP) is 5.04. The fourth-order valence-electron chi connectivity index (χ4n) is 1.47. The van der Waals surface area contributed by atoms with Crippen molar-refractivity contribution >= 4 is 46.5 Å². The van der Waals surface area contributed by atoms with Crippen molar-refractivity contribution in [1.29, 1.82) is 5.26 Å². The number of nitrogens with zero attached hydrogens (tertiary/aromatic N) is 1. The summed E-state index contributed by atoms with van der Waals surface area (Å²) in [5, 5.41) is 10.6. The molecule has 1 N–H and O–H groups in total. The Labute approximate surface area is 119 Å². The van der Waals surface area contributed by atoms with Crippen LogP contribution < -0.4 is 0 Å². The maximum atomic E-state index is 9.16. The summed E-state index contributed by atoms with van der Waals surface area (Å²) in [6, 6.07) is 10.8. The van der Waals surface area contributed by atoms with Gasteiger partial charge in [-0.25, -0.2) is 0 Å². The van der Waals surface area contributed by atoms with Crippen molar-refractivity contribution in [3.05, 3.63) is 56.8 Å². The standard InChI is InChI=1S/C13H7Cl3N2/c14-10-3-1-8(2-4-10)9(7-17)5-11-6-12(15)13(16)18-11/h1-6,18H/b9-5+. The highest BCUT2D eigenvalue weighted by molar-refractivity contribution is 6.41. The molecule has 0 unspecified atom stereocenters. The minimum atomic E-state index is 0.358. The number of H-pyrrole nitrogens is 1. The molecule has 0 aliphatic carbocycles. The van der Waals surface area contributed by atoms with E-state index in [9.17, 15) is 0 Å². The second-order valence-corrected chi connectivity index (χ2v) is 4.78. The molecule has 0 saturated carbocycles. The SMILES string of the molecule is N#C/C(=C\c1cc(Cl)c(Cl)[nH]1)c1ccc(Cl)cc1. The Bertz CT molecular complexity index is 614. The number of aromatic nitrogens is 1.